The number of ether oxygens (including phenoxy) is 2. The number of rotatable bonds is 7. The molecule has 0 radical (unpaired) electrons. The first-order valence-electron chi connectivity index (χ1n) is 11.7. The number of carbonyl (C=O) groups excluding carboxylic acids is 1. The van der Waals surface area contributed by atoms with Crippen molar-refractivity contribution in [2.24, 2.45) is 0 Å². The lowest BCUT2D eigenvalue weighted by molar-refractivity contribution is 0.178. The zero-order valence-corrected chi connectivity index (χ0v) is 19.9. The van der Waals surface area contributed by atoms with Crippen molar-refractivity contribution in [1.29, 1.82) is 0 Å². The molecule has 2 heterocycles. The van der Waals surface area contributed by atoms with Crippen molar-refractivity contribution < 1.29 is 14.3 Å². The van der Waals surface area contributed by atoms with Crippen molar-refractivity contribution in [2.75, 3.05) is 16.8 Å². The molecule has 1 aliphatic heterocycles. The molecule has 2 atom stereocenters. The molecule has 1 unspecified atom stereocenters. The Morgan fingerprint density at radius 3 is 2.54 bits per heavy atom. The van der Waals surface area contributed by atoms with Gasteiger partial charge in [-0.25, -0.2) is 9.69 Å². The highest BCUT2D eigenvalue weighted by atomic mass is 16.6. The fourth-order valence-electron chi connectivity index (χ4n) is 4.11. The molecule has 1 N–H and O–H groups in total. The van der Waals surface area contributed by atoms with Gasteiger partial charge in [-0.1, -0.05) is 49.4 Å². The number of anilines is 2. The van der Waals surface area contributed by atoms with Crippen LogP contribution in [-0.2, 0) is 4.74 Å². The van der Waals surface area contributed by atoms with Gasteiger partial charge in [-0.2, -0.15) is 15.0 Å². The molecule has 1 aliphatic rings. The van der Waals surface area contributed by atoms with Gasteiger partial charge in [-0.15, -0.1) is 0 Å². The minimum Gasteiger partial charge on any atom is -0.457 e. The molecular formula is C27H27N5O3. The summed E-state index contributed by atoms with van der Waals surface area (Å²) >= 11 is 0. The van der Waals surface area contributed by atoms with Crippen LogP contribution in [0.2, 0.25) is 0 Å². The maximum absolute atomic E-state index is 12.2. The first-order chi connectivity index (χ1) is 17.0. The summed E-state index contributed by atoms with van der Waals surface area (Å²) < 4.78 is 11.2. The Hall–Kier alpha value is -4.20. The lowest BCUT2D eigenvalue weighted by Gasteiger charge is -2.20. The maximum Gasteiger partial charge on any atom is 0.417 e. The van der Waals surface area contributed by atoms with Gasteiger partial charge in [0.1, 0.15) is 23.9 Å². The topological polar surface area (TPSA) is 89.5 Å². The number of hydrogen-bond acceptors (Lipinski definition) is 7. The second-order valence-corrected chi connectivity index (χ2v) is 8.56. The molecular weight excluding hydrogens is 442 g/mol. The summed E-state index contributed by atoms with van der Waals surface area (Å²) in [5.41, 5.74) is 1.04. The summed E-state index contributed by atoms with van der Waals surface area (Å²) in [4.78, 5) is 27.0. The van der Waals surface area contributed by atoms with Crippen molar-refractivity contribution in [1.82, 2.24) is 15.0 Å². The zero-order chi connectivity index (χ0) is 24.4. The van der Waals surface area contributed by atoms with E-state index in [1.165, 1.54) is 10.3 Å². The van der Waals surface area contributed by atoms with Crippen molar-refractivity contribution in [2.45, 2.75) is 39.3 Å². The van der Waals surface area contributed by atoms with E-state index in [1.807, 2.05) is 62.4 Å². The van der Waals surface area contributed by atoms with E-state index in [0.29, 0.717) is 24.3 Å². The van der Waals surface area contributed by atoms with Crippen LogP contribution < -0.4 is 15.0 Å². The van der Waals surface area contributed by atoms with E-state index in [1.54, 1.807) is 6.92 Å². The minimum atomic E-state index is -0.427. The third-order valence-electron chi connectivity index (χ3n) is 6.07. The predicted octanol–water partition coefficient (Wildman–Crippen LogP) is 6.03. The number of aromatic nitrogens is 3. The van der Waals surface area contributed by atoms with Gasteiger partial charge in [-0.3, -0.25) is 0 Å². The third-order valence-corrected chi connectivity index (χ3v) is 6.07. The van der Waals surface area contributed by atoms with Crippen molar-refractivity contribution >= 4 is 28.8 Å². The molecule has 4 aromatic rings. The second-order valence-electron chi connectivity index (χ2n) is 8.56. The van der Waals surface area contributed by atoms with Gasteiger partial charge in [0.15, 0.2) is 0 Å². The summed E-state index contributed by atoms with van der Waals surface area (Å²) in [7, 11) is 0. The number of cyclic esters (lactones) is 1. The van der Waals surface area contributed by atoms with Gasteiger partial charge in [0.05, 0.1) is 12.1 Å². The van der Waals surface area contributed by atoms with Crippen LogP contribution in [0.1, 0.15) is 37.7 Å². The first-order valence-corrected chi connectivity index (χ1v) is 11.7. The van der Waals surface area contributed by atoms with E-state index in [0.717, 1.165) is 28.9 Å². The average Bonchev–Trinajstić information content (AvgIpc) is 3.24. The normalized spacial score (nSPS) is 16.3. The molecule has 1 amide bonds. The Morgan fingerprint density at radius 2 is 1.77 bits per heavy atom. The van der Waals surface area contributed by atoms with E-state index < -0.39 is 6.09 Å². The highest BCUT2D eigenvalue weighted by Crippen LogP contribution is 2.28. The number of amides is 1. The van der Waals surface area contributed by atoms with E-state index >= 15 is 0 Å². The van der Waals surface area contributed by atoms with Gasteiger partial charge in [0.25, 0.3) is 0 Å². The van der Waals surface area contributed by atoms with Crippen molar-refractivity contribution in [3.05, 3.63) is 78.1 Å². The Morgan fingerprint density at radius 1 is 1.03 bits per heavy atom. The van der Waals surface area contributed by atoms with E-state index in [9.17, 15) is 4.79 Å². The summed E-state index contributed by atoms with van der Waals surface area (Å²) in [5.74, 6) is 2.79. The first kappa shape index (κ1) is 22.6. The van der Waals surface area contributed by atoms with Crippen LogP contribution in [0.15, 0.2) is 66.7 Å². The molecule has 1 saturated heterocycles. The maximum atomic E-state index is 12.2. The number of carbonyl (C=O) groups is 1. The Kier molecular flexibility index (Phi) is 6.18. The largest absolute Gasteiger partial charge is 0.457 e. The number of nitrogens with zero attached hydrogens (tertiary/aromatic N) is 4. The zero-order valence-electron chi connectivity index (χ0n) is 19.9. The van der Waals surface area contributed by atoms with Gasteiger partial charge >= 0.3 is 6.09 Å². The van der Waals surface area contributed by atoms with E-state index in [-0.39, 0.29) is 12.1 Å². The van der Waals surface area contributed by atoms with Crippen LogP contribution in [0.3, 0.4) is 0 Å². The standard InChI is InChI=1S/C27H27N5O3/c1-4-22-16-34-27(33)32(22)26-30-18(3)29-25(31-26)28-17(2)19-9-12-23(13-10-19)35-24-14-11-20-7-5-6-8-21(20)15-24/h5-15,17,22H,4,16H2,1-3H3,(H,28,29,30,31)/t17-,22?/m1/s1. The van der Waals surface area contributed by atoms with Crippen LogP contribution in [0.5, 0.6) is 11.5 Å². The quantitative estimate of drug-likeness (QED) is 0.353. The Labute approximate surface area is 203 Å². The molecule has 5 rings (SSSR count). The van der Waals surface area contributed by atoms with Crippen LogP contribution in [0.4, 0.5) is 16.7 Å². The predicted molar refractivity (Wildman–Crippen MR) is 135 cm³/mol. The van der Waals surface area contributed by atoms with Crippen molar-refractivity contribution in [3.8, 4) is 11.5 Å². The van der Waals surface area contributed by atoms with Gasteiger partial charge in [0, 0.05) is 0 Å². The molecule has 178 valence electrons. The average molecular weight is 470 g/mol. The van der Waals surface area contributed by atoms with Crippen LogP contribution in [0.25, 0.3) is 10.8 Å². The Bertz CT molecular complexity index is 1360. The molecule has 1 aromatic heterocycles. The number of benzene rings is 3. The molecule has 35 heavy (non-hydrogen) atoms. The molecule has 0 aliphatic carbocycles. The molecule has 0 bridgehead atoms. The number of nitrogens with one attached hydrogen (secondary N) is 1. The summed E-state index contributed by atoms with van der Waals surface area (Å²) in [5, 5.41) is 5.64. The smallest absolute Gasteiger partial charge is 0.417 e. The van der Waals surface area contributed by atoms with Crippen LogP contribution in [-0.4, -0.2) is 33.7 Å². The second kappa shape index (κ2) is 9.58. The molecule has 3 aromatic carbocycles. The Balaban J connectivity index is 1.29. The van der Waals surface area contributed by atoms with Crippen LogP contribution in [0, 0.1) is 6.92 Å². The fourth-order valence-corrected chi connectivity index (χ4v) is 4.11. The van der Waals surface area contributed by atoms with Gasteiger partial charge < -0.3 is 14.8 Å². The SMILES string of the molecule is CCC1COC(=O)N1c1nc(C)nc(N[C@H](C)c2ccc(Oc3ccc4ccccc4c3)cc2)n1. The summed E-state index contributed by atoms with van der Waals surface area (Å²) in [6, 6.07) is 22.0. The molecule has 1 fully saturated rings. The lowest BCUT2D eigenvalue weighted by atomic mass is 10.1. The summed E-state index contributed by atoms with van der Waals surface area (Å²) in [6.45, 7) is 6.15. The summed E-state index contributed by atoms with van der Waals surface area (Å²) in [6.07, 6.45) is 0.326. The van der Waals surface area contributed by atoms with Gasteiger partial charge in [0.2, 0.25) is 11.9 Å². The van der Waals surface area contributed by atoms with Crippen LogP contribution >= 0.6 is 0 Å². The third kappa shape index (κ3) is 4.87. The molecule has 8 heteroatoms. The van der Waals surface area contributed by atoms with Crippen molar-refractivity contribution in [3.63, 3.8) is 0 Å². The minimum absolute atomic E-state index is 0.0770. The monoisotopic (exact) mass is 469 g/mol. The van der Waals surface area contributed by atoms with E-state index in [4.69, 9.17) is 9.47 Å². The van der Waals surface area contributed by atoms with Gasteiger partial charge in [-0.05, 0) is 60.9 Å². The number of fused-ring (bicyclic) bond motifs is 1. The lowest BCUT2D eigenvalue weighted by Crippen LogP contribution is -2.34. The fraction of sp³-hybridized carbons (Fsp3) is 0.259. The van der Waals surface area contributed by atoms with E-state index in [2.05, 4.69) is 38.5 Å². The number of hydrogen-bond donors (Lipinski definition) is 1. The molecule has 0 spiro atoms. The number of aryl methyl sites for hydroxylation is 1. The highest BCUT2D eigenvalue weighted by Gasteiger charge is 2.35. The highest BCUT2D eigenvalue weighted by molar-refractivity contribution is 5.88. The molecule has 8 nitrogen and oxygen atoms in total. The molecule has 0 saturated carbocycles.